The van der Waals surface area contributed by atoms with Gasteiger partial charge in [-0.15, -0.1) is 0 Å². The molecule has 2 unspecified atom stereocenters. The van der Waals surface area contributed by atoms with E-state index in [1.165, 1.54) is 25.7 Å². The maximum Gasteiger partial charge on any atom is 0.237 e. The molecule has 19 heavy (non-hydrogen) atoms. The monoisotopic (exact) mass is 267 g/mol. The lowest BCUT2D eigenvalue weighted by Gasteiger charge is -2.30. The van der Waals surface area contributed by atoms with Crippen LogP contribution in [0.15, 0.2) is 0 Å². The summed E-state index contributed by atoms with van der Waals surface area (Å²) in [6.45, 7) is 3.88. The van der Waals surface area contributed by atoms with Crippen LogP contribution in [0, 0.1) is 0 Å². The van der Waals surface area contributed by atoms with Crippen molar-refractivity contribution in [3.63, 3.8) is 0 Å². The lowest BCUT2D eigenvalue weighted by molar-refractivity contribution is -0.127. The topological polar surface area (TPSA) is 58.4 Å². The van der Waals surface area contributed by atoms with Gasteiger partial charge in [0.15, 0.2) is 0 Å². The summed E-state index contributed by atoms with van der Waals surface area (Å²) in [7, 11) is 0. The third-order valence-corrected chi connectivity index (χ3v) is 4.74. The van der Waals surface area contributed by atoms with Crippen molar-refractivity contribution in [1.29, 1.82) is 0 Å². The Bertz CT molecular complexity index is 289. The van der Waals surface area contributed by atoms with Crippen LogP contribution in [0.3, 0.4) is 0 Å². The molecule has 1 aliphatic carbocycles. The van der Waals surface area contributed by atoms with Crippen molar-refractivity contribution in [2.75, 3.05) is 13.1 Å². The standard InChI is InChI=1S/C15H29N3O/c1-12(15(19)17-13-6-2-3-7-13)18-11-5-9-14(18)8-4-10-16/h12-14H,2-11,16H2,1H3,(H,17,19). The lowest BCUT2D eigenvalue weighted by Crippen LogP contribution is -2.49. The van der Waals surface area contributed by atoms with Crippen LogP contribution >= 0.6 is 0 Å². The second-order valence-corrected chi connectivity index (χ2v) is 6.13. The van der Waals surface area contributed by atoms with E-state index in [2.05, 4.69) is 17.1 Å². The number of hydrogen-bond donors (Lipinski definition) is 2. The predicted octanol–water partition coefficient (Wildman–Crippen LogP) is 1.64. The van der Waals surface area contributed by atoms with Crippen molar-refractivity contribution in [2.45, 2.75) is 76.4 Å². The van der Waals surface area contributed by atoms with E-state index < -0.39 is 0 Å². The van der Waals surface area contributed by atoms with Crippen LogP contribution in [-0.2, 0) is 4.79 Å². The van der Waals surface area contributed by atoms with E-state index in [1.54, 1.807) is 0 Å². The molecule has 0 spiro atoms. The fraction of sp³-hybridized carbons (Fsp3) is 0.933. The van der Waals surface area contributed by atoms with Crippen LogP contribution in [-0.4, -0.2) is 42.0 Å². The summed E-state index contributed by atoms with van der Waals surface area (Å²) in [6.07, 6.45) is 9.50. The number of carbonyl (C=O) groups is 1. The first-order valence-corrected chi connectivity index (χ1v) is 7.98. The average Bonchev–Trinajstić information content (AvgIpc) is 3.06. The quantitative estimate of drug-likeness (QED) is 0.769. The van der Waals surface area contributed by atoms with Crippen molar-refractivity contribution in [3.8, 4) is 0 Å². The molecule has 2 aliphatic rings. The van der Waals surface area contributed by atoms with Crippen molar-refractivity contribution in [3.05, 3.63) is 0 Å². The summed E-state index contributed by atoms with van der Waals surface area (Å²) in [5.74, 6) is 0.228. The number of amides is 1. The summed E-state index contributed by atoms with van der Waals surface area (Å²) in [4.78, 5) is 14.7. The first-order chi connectivity index (χ1) is 9.22. The Labute approximate surface area is 117 Å². The summed E-state index contributed by atoms with van der Waals surface area (Å²) < 4.78 is 0. The van der Waals surface area contributed by atoms with Gasteiger partial charge in [0, 0.05) is 12.1 Å². The smallest absolute Gasteiger partial charge is 0.237 e. The highest BCUT2D eigenvalue weighted by Crippen LogP contribution is 2.24. The van der Waals surface area contributed by atoms with Gasteiger partial charge in [-0.1, -0.05) is 12.8 Å². The summed E-state index contributed by atoms with van der Waals surface area (Å²) in [5, 5.41) is 3.23. The van der Waals surface area contributed by atoms with Crippen molar-refractivity contribution in [2.24, 2.45) is 5.73 Å². The largest absolute Gasteiger partial charge is 0.352 e. The molecule has 1 aliphatic heterocycles. The molecule has 4 heteroatoms. The van der Waals surface area contributed by atoms with Crippen molar-refractivity contribution < 1.29 is 4.79 Å². The second kappa shape index (κ2) is 7.25. The van der Waals surface area contributed by atoms with E-state index in [1.807, 2.05) is 0 Å². The Hall–Kier alpha value is -0.610. The fourth-order valence-electron chi connectivity index (χ4n) is 3.57. The minimum Gasteiger partial charge on any atom is -0.352 e. The van der Waals surface area contributed by atoms with E-state index in [0.717, 1.165) is 38.8 Å². The zero-order valence-corrected chi connectivity index (χ0v) is 12.2. The van der Waals surface area contributed by atoms with Gasteiger partial charge in [-0.2, -0.15) is 0 Å². The highest BCUT2D eigenvalue weighted by Gasteiger charge is 2.32. The number of likely N-dealkylation sites (tertiary alicyclic amines) is 1. The fourth-order valence-corrected chi connectivity index (χ4v) is 3.57. The van der Waals surface area contributed by atoms with E-state index in [-0.39, 0.29) is 11.9 Å². The van der Waals surface area contributed by atoms with Crippen LogP contribution < -0.4 is 11.1 Å². The van der Waals surface area contributed by atoms with E-state index >= 15 is 0 Å². The highest BCUT2D eigenvalue weighted by molar-refractivity contribution is 5.81. The molecule has 0 aromatic carbocycles. The normalized spacial score (nSPS) is 26.7. The van der Waals surface area contributed by atoms with Gasteiger partial charge >= 0.3 is 0 Å². The molecule has 1 heterocycles. The van der Waals surface area contributed by atoms with E-state index in [9.17, 15) is 4.79 Å². The lowest BCUT2D eigenvalue weighted by atomic mass is 10.1. The minimum atomic E-state index is 0.0193. The first kappa shape index (κ1) is 14.8. The number of carbonyl (C=O) groups excluding carboxylic acids is 1. The summed E-state index contributed by atoms with van der Waals surface area (Å²) >= 11 is 0. The molecule has 0 radical (unpaired) electrons. The van der Waals surface area contributed by atoms with Gasteiger partial charge in [0.1, 0.15) is 0 Å². The zero-order valence-electron chi connectivity index (χ0n) is 12.2. The van der Waals surface area contributed by atoms with Crippen LogP contribution in [0.5, 0.6) is 0 Å². The molecule has 4 nitrogen and oxygen atoms in total. The maximum absolute atomic E-state index is 12.3. The minimum absolute atomic E-state index is 0.0193. The third kappa shape index (κ3) is 3.93. The maximum atomic E-state index is 12.3. The highest BCUT2D eigenvalue weighted by atomic mass is 16.2. The molecule has 1 amide bonds. The van der Waals surface area contributed by atoms with Gasteiger partial charge in [0.25, 0.3) is 0 Å². The molecule has 1 saturated carbocycles. The van der Waals surface area contributed by atoms with Gasteiger partial charge in [-0.25, -0.2) is 0 Å². The first-order valence-electron chi connectivity index (χ1n) is 7.98. The van der Waals surface area contributed by atoms with Crippen molar-refractivity contribution in [1.82, 2.24) is 10.2 Å². The van der Waals surface area contributed by atoms with Gasteiger partial charge in [0.05, 0.1) is 6.04 Å². The summed E-state index contributed by atoms with van der Waals surface area (Å²) in [6, 6.07) is 1.01. The number of nitrogens with two attached hydrogens (primary N) is 1. The molecule has 110 valence electrons. The molecule has 1 saturated heterocycles. The zero-order chi connectivity index (χ0) is 13.7. The number of hydrogen-bond acceptors (Lipinski definition) is 3. The Balaban J connectivity index is 1.82. The molecule has 0 bridgehead atoms. The van der Waals surface area contributed by atoms with Gasteiger partial charge < -0.3 is 11.1 Å². The molecule has 2 fully saturated rings. The second-order valence-electron chi connectivity index (χ2n) is 6.13. The number of nitrogens with zero attached hydrogens (tertiary/aromatic N) is 1. The molecular formula is C15H29N3O. The Morgan fingerprint density at radius 2 is 2.05 bits per heavy atom. The van der Waals surface area contributed by atoms with Crippen LogP contribution in [0.4, 0.5) is 0 Å². The number of nitrogens with one attached hydrogen (secondary N) is 1. The Morgan fingerprint density at radius 1 is 1.32 bits per heavy atom. The van der Waals surface area contributed by atoms with Crippen LogP contribution in [0.25, 0.3) is 0 Å². The van der Waals surface area contributed by atoms with Crippen LogP contribution in [0.2, 0.25) is 0 Å². The molecule has 3 N–H and O–H groups in total. The summed E-state index contributed by atoms with van der Waals surface area (Å²) in [5.41, 5.74) is 5.60. The van der Waals surface area contributed by atoms with Gasteiger partial charge in [-0.05, 0) is 58.5 Å². The van der Waals surface area contributed by atoms with Gasteiger partial charge in [0.2, 0.25) is 5.91 Å². The molecule has 0 aromatic rings. The Kier molecular flexibility index (Phi) is 5.64. The average molecular weight is 267 g/mol. The molecular weight excluding hydrogens is 238 g/mol. The number of rotatable bonds is 6. The molecule has 2 rings (SSSR count). The Morgan fingerprint density at radius 3 is 2.74 bits per heavy atom. The van der Waals surface area contributed by atoms with Gasteiger partial charge in [-0.3, -0.25) is 9.69 Å². The predicted molar refractivity (Wildman–Crippen MR) is 77.9 cm³/mol. The SMILES string of the molecule is CC(C(=O)NC1CCCC1)N1CCCC1CCCN. The van der Waals surface area contributed by atoms with E-state index in [0.29, 0.717) is 12.1 Å². The molecule has 2 atom stereocenters. The van der Waals surface area contributed by atoms with Crippen molar-refractivity contribution >= 4 is 5.91 Å². The van der Waals surface area contributed by atoms with E-state index in [4.69, 9.17) is 5.73 Å². The molecule has 0 aromatic heterocycles. The third-order valence-electron chi connectivity index (χ3n) is 4.74. The van der Waals surface area contributed by atoms with Crippen LogP contribution in [0.1, 0.15) is 58.3 Å².